The lowest BCUT2D eigenvalue weighted by Crippen LogP contribution is -2.28. The smallest absolute Gasteiger partial charge is 0.146 e. The molecule has 0 amide bonds. The van der Waals surface area contributed by atoms with Crippen LogP contribution in [0.1, 0.15) is 32.8 Å². The van der Waals surface area contributed by atoms with Gasteiger partial charge in [0.05, 0.1) is 5.02 Å². The highest BCUT2D eigenvalue weighted by atomic mass is 35.5. The number of rotatable bonds is 5. The standard InChI is InChI=1S/C13H19ClFN/c1-4-13(2,3)9-16-8-10-6-5-7-11(14)12(10)15/h5-7,16H,4,8-9H2,1-3H3. The van der Waals surface area contributed by atoms with E-state index in [0.29, 0.717) is 12.1 Å². The van der Waals surface area contributed by atoms with Gasteiger partial charge < -0.3 is 5.32 Å². The molecule has 0 bridgehead atoms. The predicted molar refractivity (Wildman–Crippen MR) is 67.2 cm³/mol. The van der Waals surface area contributed by atoms with Crippen LogP contribution in [0.5, 0.6) is 0 Å². The molecule has 0 aliphatic heterocycles. The van der Waals surface area contributed by atoms with Crippen LogP contribution < -0.4 is 5.32 Å². The van der Waals surface area contributed by atoms with Crippen molar-refractivity contribution in [2.45, 2.75) is 33.7 Å². The number of halogens is 2. The summed E-state index contributed by atoms with van der Waals surface area (Å²) in [5, 5.41) is 3.45. The molecule has 0 aliphatic rings. The van der Waals surface area contributed by atoms with Gasteiger partial charge in [-0.05, 0) is 17.9 Å². The maximum Gasteiger partial charge on any atom is 0.146 e. The summed E-state index contributed by atoms with van der Waals surface area (Å²) in [4.78, 5) is 0. The number of nitrogens with one attached hydrogen (secondary N) is 1. The fourth-order valence-electron chi connectivity index (χ4n) is 1.35. The molecule has 0 spiro atoms. The molecular weight excluding hydrogens is 225 g/mol. The highest BCUT2D eigenvalue weighted by molar-refractivity contribution is 6.30. The number of hydrogen-bond donors (Lipinski definition) is 1. The Morgan fingerprint density at radius 2 is 2.06 bits per heavy atom. The SMILES string of the molecule is CCC(C)(C)CNCc1cccc(Cl)c1F. The van der Waals surface area contributed by atoms with Gasteiger partial charge in [-0.3, -0.25) is 0 Å². The predicted octanol–water partition coefficient (Wildman–Crippen LogP) is 4.00. The van der Waals surface area contributed by atoms with E-state index in [2.05, 4.69) is 26.1 Å². The van der Waals surface area contributed by atoms with E-state index in [0.717, 1.165) is 13.0 Å². The Balaban J connectivity index is 2.53. The highest BCUT2D eigenvalue weighted by Gasteiger charge is 2.14. The molecule has 90 valence electrons. The Morgan fingerprint density at radius 3 is 2.69 bits per heavy atom. The zero-order valence-corrected chi connectivity index (χ0v) is 10.9. The Kier molecular flexibility index (Phi) is 4.75. The van der Waals surface area contributed by atoms with Gasteiger partial charge >= 0.3 is 0 Å². The minimum atomic E-state index is -0.314. The molecule has 16 heavy (non-hydrogen) atoms. The molecule has 1 N–H and O–H groups in total. The summed E-state index contributed by atoms with van der Waals surface area (Å²) in [6.07, 6.45) is 1.10. The molecule has 1 aromatic rings. The van der Waals surface area contributed by atoms with Crippen molar-refractivity contribution >= 4 is 11.6 Å². The van der Waals surface area contributed by atoms with E-state index in [9.17, 15) is 4.39 Å². The van der Waals surface area contributed by atoms with Crippen LogP contribution in [0.2, 0.25) is 5.02 Å². The largest absolute Gasteiger partial charge is 0.312 e. The Labute approximate surface area is 102 Å². The second kappa shape index (κ2) is 5.65. The second-order valence-corrected chi connectivity index (χ2v) is 5.24. The van der Waals surface area contributed by atoms with E-state index in [1.54, 1.807) is 18.2 Å². The molecule has 0 heterocycles. The lowest BCUT2D eigenvalue weighted by molar-refractivity contribution is 0.326. The third-order valence-electron chi connectivity index (χ3n) is 2.91. The lowest BCUT2D eigenvalue weighted by atomic mass is 9.90. The fraction of sp³-hybridized carbons (Fsp3) is 0.538. The lowest BCUT2D eigenvalue weighted by Gasteiger charge is -2.23. The van der Waals surface area contributed by atoms with Crippen LogP contribution in [0.25, 0.3) is 0 Å². The summed E-state index contributed by atoms with van der Waals surface area (Å²) in [5.74, 6) is -0.314. The average molecular weight is 244 g/mol. The maximum absolute atomic E-state index is 13.5. The van der Waals surface area contributed by atoms with Gasteiger partial charge in [-0.2, -0.15) is 0 Å². The van der Waals surface area contributed by atoms with Crippen molar-refractivity contribution < 1.29 is 4.39 Å². The van der Waals surface area contributed by atoms with Gasteiger partial charge in [-0.25, -0.2) is 4.39 Å². The Hall–Kier alpha value is -0.600. The topological polar surface area (TPSA) is 12.0 Å². The van der Waals surface area contributed by atoms with Gasteiger partial charge in [0.2, 0.25) is 0 Å². The zero-order chi connectivity index (χ0) is 12.2. The van der Waals surface area contributed by atoms with Crippen molar-refractivity contribution in [3.63, 3.8) is 0 Å². The molecule has 0 unspecified atom stereocenters. The molecule has 1 rings (SSSR count). The summed E-state index contributed by atoms with van der Waals surface area (Å²) in [6, 6.07) is 5.09. The minimum absolute atomic E-state index is 0.189. The highest BCUT2D eigenvalue weighted by Crippen LogP contribution is 2.20. The molecular formula is C13H19ClFN. The van der Waals surface area contributed by atoms with Gasteiger partial charge in [0, 0.05) is 18.7 Å². The molecule has 3 heteroatoms. The van der Waals surface area contributed by atoms with E-state index in [1.165, 1.54) is 0 Å². The van der Waals surface area contributed by atoms with Crippen LogP contribution in [-0.4, -0.2) is 6.54 Å². The first-order valence-electron chi connectivity index (χ1n) is 5.60. The average Bonchev–Trinajstić information content (AvgIpc) is 2.24. The third kappa shape index (κ3) is 3.76. The van der Waals surface area contributed by atoms with Gasteiger partial charge in [-0.15, -0.1) is 0 Å². The maximum atomic E-state index is 13.5. The molecule has 0 aliphatic carbocycles. The van der Waals surface area contributed by atoms with E-state index in [4.69, 9.17) is 11.6 Å². The number of hydrogen-bond acceptors (Lipinski definition) is 1. The van der Waals surface area contributed by atoms with Crippen LogP contribution in [-0.2, 0) is 6.54 Å². The van der Waals surface area contributed by atoms with Crippen molar-refractivity contribution in [2.75, 3.05) is 6.54 Å². The van der Waals surface area contributed by atoms with Crippen molar-refractivity contribution in [2.24, 2.45) is 5.41 Å². The van der Waals surface area contributed by atoms with Crippen LogP contribution in [0.4, 0.5) is 4.39 Å². The van der Waals surface area contributed by atoms with Gasteiger partial charge in [0.15, 0.2) is 0 Å². The van der Waals surface area contributed by atoms with Gasteiger partial charge in [0.1, 0.15) is 5.82 Å². The van der Waals surface area contributed by atoms with Crippen LogP contribution >= 0.6 is 11.6 Å². The van der Waals surface area contributed by atoms with Crippen molar-refractivity contribution in [1.29, 1.82) is 0 Å². The molecule has 0 saturated carbocycles. The molecule has 1 nitrogen and oxygen atoms in total. The van der Waals surface area contributed by atoms with E-state index in [-0.39, 0.29) is 16.3 Å². The van der Waals surface area contributed by atoms with Crippen LogP contribution in [0.15, 0.2) is 18.2 Å². The van der Waals surface area contributed by atoms with Gasteiger partial charge in [-0.1, -0.05) is 44.5 Å². The Bertz CT molecular complexity index is 350. The molecule has 0 aromatic heterocycles. The summed E-state index contributed by atoms with van der Waals surface area (Å²) in [6.45, 7) is 7.93. The first kappa shape index (κ1) is 13.5. The van der Waals surface area contributed by atoms with Crippen molar-refractivity contribution in [1.82, 2.24) is 5.32 Å². The molecule has 0 fully saturated rings. The second-order valence-electron chi connectivity index (χ2n) is 4.83. The third-order valence-corrected chi connectivity index (χ3v) is 3.20. The normalized spacial score (nSPS) is 11.8. The monoisotopic (exact) mass is 243 g/mol. The summed E-state index contributed by atoms with van der Waals surface area (Å²) in [7, 11) is 0. The van der Waals surface area contributed by atoms with E-state index in [1.807, 2.05) is 0 Å². The first-order chi connectivity index (χ1) is 7.46. The fourth-order valence-corrected chi connectivity index (χ4v) is 1.54. The molecule has 0 radical (unpaired) electrons. The zero-order valence-electron chi connectivity index (χ0n) is 10.1. The summed E-state index contributed by atoms with van der Waals surface area (Å²) < 4.78 is 13.5. The molecule has 1 aromatic carbocycles. The molecule has 0 saturated heterocycles. The number of benzene rings is 1. The quantitative estimate of drug-likeness (QED) is 0.824. The Morgan fingerprint density at radius 1 is 1.38 bits per heavy atom. The van der Waals surface area contributed by atoms with Crippen molar-refractivity contribution in [3.8, 4) is 0 Å². The first-order valence-corrected chi connectivity index (χ1v) is 5.97. The van der Waals surface area contributed by atoms with E-state index >= 15 is 0 Å². The van der Waals surface area contributed by atoms with Crippen LogP contribution in [0.3, 0.4) is 0 Å². The van der Waals surface area contributed by atoms with Gasteiger partial charge in [0.25, 0.3) is 0 Å². The van der Waals surface area contributed by atoms with Crippen LogP contribution in [0, 0.1) is 11.2 Å². The van der Waals surface area contributed by atoms with Crippen molar-refractivity contribution in [3.05, 3.63) is 34.6 Å². The molecule has 0 atom stereocenters. The summed E-state index contributed by atoms with van der Waals surface area (Å²) in [5.41, 5.74) is 0.870. The summed E-state index contributed by atoms with van der Waals surface area (Å²) >= 11 is 5.71. The minimum Gasteiger partial charge on any atom is -0.312 e. The van der Waals surface area contributed by atoms with E-state index < -0.39 is 0 Å².